The summed E-state index contributed by atoms with van der Waals surface area (Å²) in [6, 6.07) is 13.1. The van der Waals surface area contributed by atoms with Crippen molar-refractivity contribution in [2.75, 3.05) is 19.0 Å². The van der Waals surface area contributed by atoms with Gasteiger partial charge in [-0.05, 0) is 60.9 Å². The van der Waals surface area contributed by atoms with Crippen LogP contribution in [0.15, 0.2) is 58.3 Å². The molecule has 1 aliphatic heterocycles. The van der Waals surface area contributed by atoms with Crippen LogP contribution in [-0.2, 0) is 19.6 Å². The van der Waals surface area contributed by atoms with E-state index in [0.717, 1.165) is 24.2 Å². The predicted molar refractivity (Wildman–Crippen MR) is 138 cm³/mol. The maximum Gasteiger partial charge on any atom is 0.266 e. The Morgan fingerprint density at radius 3 is 2.41 bits per heavy atom. The smallest absolute Gasteiger partial charge is 0.266 e. The van der Waals surface area contributed by atoms with Crippen molar-refractivity contribution in [1.82, 2.24) is 4.90 Å². The fraction of sp³-hybridized carbons (Fsp3) is 0.261. The third-order valence-electron chi connectivity index (χ3n) is 5.04. The highest BCUT2D eigenvalue weighted by atomic mass is 32.2. The van der Waals surface area contributed by atoms with Crippen LogP contribution >= 0.6 is 24.0 Å². The van der Waals surface area contributed by atoms with Crippen molar-refractivity contribution in [1.29, 1.82) is 0 Å². The van der Waals surface area contributed by atoms with E-state index in [1.807, 2.05) is 30.3 Å². The minimum Gasteiger partial charge on any atom is -0.497 e. The van der Waals surface area contributed by atoms with Crippen molar-refractivity contribution in [2.24, 2.45) is 5.14 Å². The summed E-state index contributed by atoms with van der Waals surface area (Å²) in [7, 11) is -2.16. The second-order valence-electron chi connectivity index (χ2n) is 7.53. The van der Waals surface area contributed by atoms with E-state index in [4.69, 9.17) is 22.1 Å². The van der Waals surface area contributed by atoms with E-state index >= 15 is 0 Å². The van der Waals surface area contributed by atoms with Gasteiger partial charge in [0.25, 0.3) is 5.91 Å². The Hall–Kier alpha value is -2.73. The number of unbranched alkanes of at least 4 members (excludes halogenated alkanes) is 2. The number of thiocarbonyl (C=S) groups is 1. The molecule has 180 valence electrons. The summed E-state index contributed by atoms with van der Waals surface area (Å²) in [4.78, 5) is 27.0. The van der Waals surface area contributed by atoms with Gasteiger partial charge in [-0.25, -0.2) is 13.6 Å². The second-order valence-corrected chi connectivity index (χ2v) is 10.8. The Bertz CT molecular complexity index is 1190. The molecule has 0 atom stereocenters. The van der Waals surface area contributed by atoms with Crippen LogP contribution in [0.5, 0.6) is 5.75 Å². The first-order valence-corrected chi connectivity index (χ1v) is 13.3. The van der Waals surface area contributed by atoms with Gasteiger partial charge in [-0.2, -0.15) is 0 Å². The molecular formula is C23H25N3O5S3. The standard InChI is InChI=1S/C23H25N3O5S3/c1-31-18-10-6-16(7-11-18)15-20-22(28)26(23(32)33-20)14-4-2-3-5-21(27)25-17-8-12-19(13-9-17)34(24,29)30/h6-13,15H,2-5,14H2,1H3,(H,25,27)(H2,24,29,30)/b20-15-. The van der Waals surface area contributed by atoms with Crippen molar-refractivity contribution in [3.63, 3.8) is 0 Å². The molecule has 0 bridgehead atoms. The van der Waals surface area contributed by atoms with Gasteiger partial charge >= 0.3 is 0 Å². The number of sulfonamides is 1. The van der Waals surface area contributed by atoms with Gasteiger partial charge in [-0.1, -0.05) is 42.5 Å². The summed E-state index contributed by atoms with van der Waals surface area (Å²) in [5, 5.41) is 7.78. The maximum absolute atomic E-state index is 12.7. The van der Waals surface area contributed by atoms with Gasteiger partial charge in [0.1, 0.15) is 10.1 Å². The number of amides is 2. The van der Waals surface area contributed by atoms with Gasteiger partial charge in [0.05, 0.1) is 16.9 Å². The molecule has 1 aliphatic rings. The van der Waals surface area contributed by atoms with Crippen LogP contribution < -0.4 is 15.2 Å². The molecule has 34 heavy (non-hydrogen) atoms. The number of nitrogens with one attached hydrogen (secondary N) is 1. The Balaban J connectivity index is 1.41. The van der Waals surface area contributed by atoms with Crippen LogP contribution in [0.1, 0.15) is 31.2 Å². The Kier molecular flexibility index (Phi) is 8.84. The number of anilines is 1. The minimum atomic E-state index is -3.77. The van der Waals surface area contributed by atoms with Crippen LogP contribution in [0.25, 0.3) is 6.08 Å². The van der Waals surface area contributed by atoms with E-state index < -0.39 is 10.0 Å². The molecule has 0 aromatic heterocycles. The summed E-state index contributed by atoms with van der Waals surface area (Å²) in [6.45, 7) is 0.501. The molecule has 1 saturated heterocycles. The Morgan fingerprint density at radius 2 is 1.79 bits per heavy atom. The van der Waals surface area contributed by atoms with Crippen LogP contribution in [0, 0.1) is 0 Å². The van der Waals surface area contributed by atoms with E-state index in [1.54, 1.807) is 12.0 Å². The van der Waals surface area contributed by atoms with Gasteiger partial charge in [-0.15, -0.1) is 0 Å². The number of ether oxygens (including phenoxy) is 1. The first-order chi connectivity index (χ1) is 16.2. The lowest BCUT2D eigenvalue weighted by atomic mass is 10.1. The third-order valence-corrected chi connectivity index (χ3v) is 7.35. The molecule has 1 heterocycles. The van der Waals surface area contributed by atoms with Gasteiger partial charge in [-0.3, -0.25) is 14.5 Å². The third kappa shape index (κ3) is 7.13. The molecule has 2 aromatic carbocycles. The van der Waals surface area contributed by atoms with Gasteiger partial charge in [0.15, 0.2) is 0 Å². The molecule has 3 rings (SSSR count). The van der Waals surface area contributed by atoms with Crippen molar-refractivity contribution in [2.45, 2.75) is 30.6 Å². The number of hydrogen-bond donors (Lipinski definition) is 2. The topological polar surface area (TPSA) is 119 Å². The molecule has 0 spiro atoms. The highest BCUT2D eigenvalue weighted by Gasteiger charge is 2.31. The van der Waals surface area contributed by atoms with E-state index in [-0.39, 0.29) is 16.7 Å². The summed E-state index contributed by atoms with van der Waals surface area (Å²) < 4.78 is 28.2. The highest BCUT2D eigenvalue weighted by Crippen LogP contribution is 2.33. The average molecular weight is 520 g/mol. The molecule has 3 N–H and O–H groups in total. The Morgan fingerprint density at radius 1 is 1.12 bits per heavy atom. The van der Waals surface area contributed by atoms with Crippen LogP contribution in [0.4, 0.5) is 5.69 Å². The second kappa shape index (κ2) is 11.6. The van der Waals surface area contributed by atoms with Crippen LogP contribution in [0.2, 0.25) is 0 Å². The van der Waals surface area contributed by atoms with E-state index in [0.29, 0.717) is 34.3 Å². The number of benzene rings is 2. The SMILES string of the molecule is COc1ccc(/C=C2\SC(=S)N(CCCCCC(=O)Nc3ccc(S(N)(=O)=O)cc3)C2=O)cc1. The average Bonchev–Trinajstić information content (AvgIpc) is 3.06. The number of carbonyl (C=O) groups is 2. The molecule has 2 aromatic rings. The molecule has 0 radical (unpaired) electrons. The highest BCUT2D eigenvalue weighted by molar-refractivity contribution is 8.26. The first kappa shape index (κ1) is 25.9. The number of nitrogens with two attached hydrogens (primary N) is 1. The molecule has 1 fully saturated rings. The molecule has 0 aliphatic carbocycles. The van der Waals surface area contributed by atoms with Crippen molar-refractivity contribution in [3.8, 4) is 5.75 Å². The van der Waals surface area contributed by atoms with Gasteiger partial charge in [0.2, 0.25) is 15.9 Å². The quantitative estimate of drug-likeness (QED) is 0.279. The van der Waals surface area contributed by atoms with Crippen molar-refractivity contribution < 1.29 is 22.7 Å². The number of rotatable bonds is 10. The fourth-order valence-electron chi connectivity index (χ4n) is 3.23. The van der Waals surface area contributed by atoms with E-state index in [9.17, 15) is 18.0 Å². The normalized spacial score (nSPS) is 15.1. The monoisotopic (exact) mass is 519 g/mol. The molecule has 2 amide bonds. The van der Waals surface area contributed by atoms with Crippen molar-refractivity contribution >= 4 is 61.9 Å². The number of hydrogen-bond acceptors (Lipinski definition) is 7. The predicted octanol–water partition coefficient (Wildman–Crippen LogP) is 3.74. The summed E-state index contributed by atoms with van der Waals surface area (Å²) >= 11 is 6.66. The number of carbonyl (C=O) groups excluding carboxylic acids is 2. The largest absolute Gasteiger partial charge is 0.497 e. The zero-order chi connectivity index (χ0) is 24.7. The molecule has 8 nitrogen and oxygen atoms in total. The van der Waals surface area contributed by atoms with E-state index in [1.165, 1.54) is 36.0 Å². The molecule has 0 saturated carbocycles. The van der Waals surface area contributed by atoms with Crippen LogP contribution in [0.3, 0.4) is 0 Å². The lowest BCUT2D eigenvalue weighted by Gasteiger charge is -2.14. The summed E-state index contributed by atoms with van der Waals surface area (Å²) in [5.41, 5.74) is 1.39. The van der Waals surface area contributed by atoms with E-state index in [2.05, 4.69) is 5.32 Å². The number of nitrogens with zero attached hydrogens (tertiary/aromatic N) is 1. The maximum atomic E-state index is 12.7. The van der Waals surface area contributed by atoms with Gasteiger partial charge < -0.3 is 10.1 Å². The Labute approximate surface area is 208 Å². The molecule has 0 unspecified atom stereocenters. The summed E-state index contributed by atoms with van der Waals surface area (Å²) in [5.74, 6) is 0.473. The number of methoxy groups -OCH3 is 1. The number of primary sulfonamides is 1. The van der Waals surface area contributed by atoms with Crippen LogP contribution in [-0.4, -0.2) is 43.1 Å². The zero-order valence-corrected chi connectivity index (χ0v) is 21.0. The van der Waals surface area contributed by atoms with Crippen molar-refractivity contribution in [3.05, 3.63) is 59.0 Å². The molecule has 11 heteroatoms. The zero-order valence-electron chi connectivity index (χ0n) is 18.5. The minimum absolute atomic E-state index is 0.0139. The van der Waals surface area contributed by atoms with Gasteiger partial charge in [0, 0.05) is 18.7 Å². The molecular weight excluding hydrogens is 494 g/mol. The lowest BCUT2D eigenvalue weighted by molar-refractivity contribution is -0.122. The fourth-order valence-corrected chi connectivity index (χ4v) is 5.05. The number of thioether (sulfide) groups is 1. The summed E-state index contributed by atoms with van der Waals surface area (Å²) in [6.07, 6.45) is 4.26. The first-order valence-electron chi connectivity index (χ1n) is 10.5. The lowest BCUT2D eigenvalue weighted by Crippen LogP contribution is -2.29.